The van der Waals surface area contributed by atoms with Crippen LogP contribution in [0.4, 0.5) is 11.5 Å². The van der Waals surface area contributed by atoms with Crippen molar-refractivity contribution >= 4 is 11.5 Å². The van der Waals surface area contributed by atoms with Gasteiger partial charge < -0.3 is 5.73 Å². The minimum absolute atomic E-state index is 0.0435. The first-order valence-corrected chi connectivity index (χ1v) is 5.06. The topological polar surface area (TPSA) is 87.0 Å². The normalized spacial score (nSPS) is 10.5. The number of benzene rings is 1. The van der Waals surface area contributed by atoms with Gasteiger partial charge in [-0.25, -0.2) is 4.68 Å². The molecule has 1 aromatic heterocycles. The minimum atomic E-state index is -0.539. The molecule has 0 amide bonds. The summed E-state index contributed by atoms with van der Waals surface area (Å²) in [4.78, 5) is 10.1. The van der Waals surface area contributed by atoms with Crippen LogP contribution in [-0.4, -0.2) is 14.7 Å². The average Bonchev–Trinajstić information content (AvgIpc) is 2.60. The second-order valence-corrected chi connectivity index (χ2v) is 3.87. The van der Waals surface area contributed by atoms with Gasteiger partial charge >= 0.3 is 5.69 Å². The molecule has 2 rings (SSSR count). The van der Waals surface area contributed by atoms with Crippen LogP contribution in [0.5, 0.6) is 0 Å². The predicted octanol–water partition coefficient (Wildman–Crippen LogP) is 1.98. The molecule has 0 aliphatic carbocycles. The fourth-order valence-electron chi connectivity index (χ4n) is 1.72. The molecule has 1 heterocycles. The third-order valence-corrected chi connectivity index (χ3v) is 2.56. The Labute approximate surface area is 97.8 Å². The van der Waals surface area contributed by atoms with Crippen molar-refractivity contribution in [2.75, 3.05) is 5.73 Å². The molecule has 1 aromatic carbocycles. The standard InChI is InChI=1S/C11H12N4O2/c1-7-3-4-9(8(2)5-7)14-11(12)10(6-13-14)15(16)17/h3-6H,12H2,1-2H3. The van der Waals surface area contributed by atoms with Gasteiger partial charge in [-0.3, -0.25) is 10.1 Å². The first-order valence-electron chi connectivity index (χ1n) is 5.06. The minimum Gasteiger partial charge on any atom is -0.378 e. The van der Waals surface area contributed by atoms with Gasteiger partial charge in [0.2, 0.25) is 5.82 Å². The lowest BCUT2D eigenvalue weighted by Crippen LogP contribution is -2.04. The molecular formula is C11H12N4O2. The summed E-state index contributed by atoms with van der Waals surface area (Å²) >= 11 is 0. The van der Waals surface area contributed by atoms with Gasteiger partial charge in [0.1, 0.15) is 6.20 Å². The highest BCUT2D eigenvalue weighted by Crippen LogP contribution is 2.25. The van der Waals surface area contributed by atoms with Gasteiger partial charge in [0.05, 0.1) is 10.6 Å². The first kappa shape index (κ1) is 11.1. The number of nitrogen functional groups attached to an aromatic ring is 1. The number of rotatable bonds is 2. The van der Waals surface area contributed by atoms with Crippen molar-refractivity contribution in [2.45, 2.75) is 13.8 Å². The van der Waals surface area contributed by atoms with Crippen LogP contribution in [0.3, 0.4) is 0 Å². The zero-order chi connectivity index (χ0) is 12.6. The molecule has 0 saturated carbocycles. The molecule has 0 radical (unpaired) electrons. The van der Waals surface area contributed by atoms with Crippen molar-refractivity contribution in [3.63, 3.8) is 0 Å². The van der Waals surface area contributed by atoms with Crippen molar-refractivity contribution in [1.82, 2.24) is 9.78 Å². The number of nitro groups is 1. The summed E-state index contributed by atoms with van der Waals surface area (Å²) in [6.45, 7) is 3.89. The van der Waals surface area contributed by atoms with E-state index in [9.17, 15) is 10.1 Å². The van der Waals surface area contributed by atoms with E-state index in [1.165, 1.54) is 4.68 Å². The van der Waals surface area contributed by atoms with Crippen molar-refractivity contribution in [3.05, 3.63) is 45.6 Å². The lowest BCUT2D eigenvalue weighted by atomic mass is 10.1. The lowest BCUT2D eigenvalue weighted by Gasteiger charge is -2.07. The smallest absolute Gasteiger partial charge is 0.331 e. The zero-order valence-electron chi connectivity index (χ0n) is 9.54. The Morgan fingerprint density at radius 1 is 1.41 bits per heavy atom. The second-order valence-electron chi connectivity index (χ2n) is 3.87. The maximum Gasteiger partial charge on any atom is 0.331 e. The van der Waals surface area contributed by atoms with E-state index in [0.717, 1.165) is 23.0 Å². The van der Waals surface area contributed by atoms with E-state index >= 15 is 0 Å². The maximum atomic E-state index is 10.7. The van der Waals surface area contributed by atoms with Gasteiger partial charge in [-0.15, -0.1) is 0 Å². The van der Waals surface area contributed by atoms with Crippen LogP contribution in [0.15, 0.2) is 24.4 Å². The van der Waals surface area contributed by atoms with E-state index in [1.807, 2.05) is 32.0 Å². The van der Waals surface area contributed by atoms with Crippen molar-refractivity contribution in [2.24, 2.45) is 0 Å². The van der Waals surface area contributed by atoms with Crippen LogP contribution >= 0.6 is 0 Å². The summed E-state index contributed by atoms with van der Waals surface area (Å²) in [6.07, 6.45) is 1.16. The Balaban J connectivity index is 2.57. The number of anilines is 1. The molecule has 2 aromatic rings. The van der Waals surface area contributed by atoms with Gasteiger partial charge in [-0.05, 0) is 25.5 Å². The number of hydrogen-bond donors (Lipinski definition) is 1. The number of nitrogens with two attached hydrogens (primary N) is 1. The number of hydrogen-bond acceptors (Lipinski definition) is 4. The molecule has 0 aliphatic heterocycles. The molecule has 2 N–H and O–H groups in total. The number of aromatic nitrogens is 2. The molecule has 0 saturated heterocycles. The SMILES string of the molecule is Cc1ccc(-n2ncc([N+](=O)[O-])c2N)c(C)c1. The predicted molar refractivity (Wildman–Crippen MR) is 64.1 cm³/mol. The molecule has 0 aliphatic rings. The molecule has 0 bridgehead atoms. The van der Waals surface area contributed by atoms with Gasteiger partial charge in [-0.2, -0.15) is 5.10 Å². The highest BCUT2D eigenvalue weighted by atomic mass is 16.6. The molecule has 0 unspecified atom stereocenters. The fraction of sp³-hybridized carbons (Fsp3) is 0.182. The Morgan fingerprint density at radius 2 is 2.12 bits per heavy atom. The third kappa shape index (κ3) is 1.84. The average molecular weight is 232 g/mol. The van der Waals surface area contributed by atoms with E-state index in [-0.39, 0.29) is 11.5 Å². The maximum absolute atomic E-state index is 10.7. The van der Waals surface area contributed by atoms with Gasteiger partial charge in [0, 0.05) is 0 Å². The molecule has 88 valence electrons. The molecule has 0 atom stereocenters. The van der Waals surface area contributed by atoms with E-state index in [2.05, 4.69) is 5.10 Å². The molecule has 6 nitrogen and oxygen atoms in total. The fourth-order valence-corrected chi connectivity index (χ4v) is 1.72. The second kappa shape index (κ2) is 3.89. The summed E-state index contributed by atoms with van der Waals surface area (Å²) in [5.74, 6) is 0.0435. The van der Waals surface area contributed by atoms with Crippen LogP contribution in [0.25, 0.3) is 5.69 Å². The molecule has 0 spiro atoms. The molecular weight excluding hydrogens is 220 g/mol. The van der Waals surface area contributed by atoms with Crippen LogP contribution in [0.2, 0.25) is 0 Å². The summed E-state index contributed by atoms with van der Waals surface area (Å²) in [5, 5.41) is 14.6. The Bertz CT molecular complexity index is 589. The Kier molecular flexibility index (Phi) is 2.55. The van der Waals surface area contributed by atoms with Crippen LogP contribution in [-0.2, 0) is 0 Å². The van der Waals surface area contributed by atoms with Gasteiger partial charge in [0.25, 0.3) is 0 Å². The summed E-state index contributed by atoms with van der Waals surface area (Å²) in [6, 6.07) is 5.73. The van der Waals surface area contributed by atoms with Crippen LogP contribution < -0.4 is 5.73 Å². The first-order chi connectivity index (χ1) is 8.00. The molecule has 0 fully saturated rings. The van der Waals surface area contributed by atoms with Crippen LogP contribution in [0.1, 0.15) is 11.1 Å². The van der Waals surface area contributed by atoms with Crippen molar-refractivity contribution in [1.29, 1.82) is 0 Å². The van der Waals surface area contributed by atoms with Crippen molar-refractivity contribution in [3.8, 4) is 5.69 Å². The van der Waals surface area contributed by atoms with E-state index < -0.39 is 4.92 Å². The van der Waals surface area contributed by atoms with E-state index in [4.69, 9.17) is 5.73 Å². The molecule has 17 heavy (non-hydrogen) atoms. The lowest BCUT2D eigenvalue weighted by molar-refractivity contribution is -0.383. The monoisotopic (exact) mass is 232 g/mol. The quantitative estimate of drug-likeness (QED) is 0.633. The third-order valence-electron chi connectivity index (χ3n) is 2.56. The summed E-state index contributed by atoms with van der Waals surface area (Å²) in [5.41, 5.74) is 8.36. The van der Waals surface area contributed by atoms with Gasteiger partial charge in [-0.1, -0.05) is 17.7 Å². The highest BCUT2D eigenvalue weighted by Gasteiger charge is 2.19. The van der Waals surface area contributed by atoms with E-state index in [1.54, 1.807) is 0 Å². The Hall–Kier alpha value is -2.37. The summed E-state index contributed by atoms with van der Waals surface area (Å²) in [7, 11) is 0. The Morgan fingerprint density at radius 3 is 2.65 bits per heavy atom. The number of nitrogens with zero attached hydrogens (tertiary/aromatic N) is 3. The molecule has 6 heteroatoms. The van der Waals surface area contributed by atoms with Gasteiger partial charge in [0.15, 0.2) is 0 Å². The number of aryl methyl sites for hydroxylation is 2. The van der Waals surface area contributed by atoms with Crippen LogP contribution in [0, 0.1) is 24.0 Å². The summed E-state index contributed by atoms with van der Waals surface area (Å²) < 4.78 is 1.38. The zero-order valence-corrected chi connectivity index (χ0v) is 9.54. The largest absolute Gasteiger partial charge is 0.378 e. The van der Waals surface area contributed by atoms with Crippen molar-refractivity contribution < 1.29 is 4.92 Å². The highest BCUT2D eigenvalue weighted by molar-refractivity contribution is 5.57. The van der Waals surface area contributed by atoms with E-state index in [0.29, 0.717) is 0 Å².